The zero-order chi connectivity index (χ0) is 26.8. The number of benzene rings is 1. The lowest BCUT2D eigenvalue weighted by atomic mass is 9.94. The molecule has 1 aromatic carbocycles. The van der Waals surface area contributed by atoms with Crippen LogP contribution < -0.4 is 21.3 Å². The summed E-state index contributed by atoms with van der Waals surface area (Å²) in [7, 11) is 0. The third-order valence-corrected chi connectivity index (χ3v) is 6.95. The van der Waals surface area contributed by atoms with Crippen molar-refractivity contribution in [2.45, 2.75) is 84.0 Å². The number of hydrogen-bond acceptors (Lipinski definition) is 6. The summed E-state index contributed by atoms with van der Waals surface area (Å²) in [4.78, 5) is 51.1. The topological polar surface area (TPSA) is 157 Å². The van der Waals surface area contributed by atoms with Gasteiger partial charge in [0.15, 0.2) is 0 Å². The lowest BCUT2D eigenvalue weighted by Gasteiger charge is -2.30. The molecule has 1 aliphatic heterocycles. The van der Waals surface area contributed by atoms with Gasteiger partial charge in [0.25, 0.3) is 0 Å². The second kappa shape index (κ2) is 13.8. The molecule has 1 saturated heterocycles. The molecule has 0 aromatic heterocycles. The summed E-state index contributed by atoms with van der Waals surface area (Å²) >= 11 is 0. The molecule has 1 aliphatic rings. The zero-order valence-corrected chi connectivity index (χ0v) is 21.5. The highest BCUT2D eigenvalue weighted by Gasteiger charge is 2.35. The maximum absolute atomic E-state index is 13.3. The van der Waals surface area contributed by atoms with Crippen LogP contribution in [-0.2, 0) is 25.6 Å². The first-order valence-corrected chi connectivity index (χ1v) is 12.7. The summed E-state index contributed by atoms with van der Waals surface area (Å²) in [5.74, 6) is -2.91. The van der Waals surface area contributed by atoms with E-state index in [2.05, 4.69) is 21.3 Å². The van der Waals surface area contributed by atoms with E-state index in [-0.39, 0.29) is 36.0 Å². The van der Waals surface area contributed by atoms with Crippen LogP contribution in [0.2, 0.25) is 0 Å². The minimum absolute atomic E-state index is 0.0163. The van der Waals surface area contributed by atoms with E-state index in [4.69, 9.17) is 0 Å². The summed E-state index contributed by atoms with van der Waals surface area (Å²) in [6, 6.07) is 2.71. The molecule has 200 valence electrons. The zero-order valence-electron chi connectivity index (χ0n) is 21.5. The van der Waals surface area contributed by atoms with Gasteiger partial charge in [0.05, 0.1) is 6.04 Å². The Morgan fingerprint density at radius 2 is 1.50 bits per heavy atom. The standard InChI is InChI=1S/C26H40N4O6/c1-5-15(3)21(24(33)28-20(26(35)36)14-17-9-11-18(31)12-10-17)30-25(34)22(16(4)6-2)29-23(32)19-8-7-13-27-19/h9-12,15-16,19-22,27,31H,5-8,13-14H2,1-4H3,(H,28,33)(H,29,32)(H,30,34)(H,35,36). The van der Waals surface area contributed by atoms with Crippen molar-refractivity contribution in [2.24, 2.45) is 11.8 Å². The van der Waals surface area contributed by atoms with Gasteiger partial charge >= 0.3 is 5.97 Å². The van der Waals surface area contributed by atoms with Crippen molar-refractivity contribution in [3.63, 3.8) is 0 Å². The molecule has 10 heteroatoms. The van der Waals surface area contributed by atoms with Crippen molar-refractivity contribution in [1.29, 1.82) is 0 Å². The Morgan fingerprint density at radius 3 is 2.00 bits per heavy atom. The fraction of sp³-hybridized carbons (Fsp3) is 0.615. The van der Waals surface area contributed by atoms with Gasteiger partial charge in [-0.15, -0.1) is 0 Å². The quantitative estimate of drug-likeness (QED) is 0.236. The molecule has 1 fully saturated rings. The van der Waals surface area contributed by atoms with Gasteiger partial charge in [-0.25, -0.2) is 4.79 Å². The summed E-state index contributed by atoms with van der Waals surface area (Å²) < 4.78 is 0. The van der Waals surface area contributed by atoms with Crippen molar-refractivity contribution in [3.8, 4) is 5.75 Å². The van der Waals surface area contributed by atoms with Crippen LogP contribution in [0.15, 0.2) is 24.3 Å². The molecule has 6 unspecified atom stereocenters. The fourth-order valence-electron chi connectivity index (χ4n) is 4.14. The minimum atomic E-state index is -1.22. The SMILES string of the molecule is CCC(C)C(NC(=O)C1CCCN1)C(=O)NC(C(=O)NC(Cc1ccc(O)cc1)C(=O)O)C(C)CC. The van der Waals surface area contributed by atoms with Crippen LogP contribution in [-0.4, -0.2) is 64.6 Å². The Labute approximate surface area is 212 Å². The Balaban J connectivity index is 2.15. The van der Waals surface area contributed by atoms with E-state index in [1.165, 1.54) is 12.1 Å². The van der Waals surface area contributed by atoms with E-state index in [0.29, 0.717) is 24.8 Å². The number of carboxylic acids is 1. The van der Waals surface area contributed by atoms with Gasteiger partial charge in [-0.2, -0.15) is 0 Å². The van der Waals surface area contributed by atoms with Gasteiger partial charge in [-0.3, -0.25) is 14.4 Å². The Bertz CT molecular complexity index is 900. The molecule has 3 amide bonds. The van der Waals surface area contributed by atoms with Gasteiger partial charge in [0.1, 0.15) is 23.9 Å². The second-order valence-electron chi connectivity index (χ2n) is 9.66. The van der Waals surface area contributed by atoms with Gasteiger partial charge < -0.3 is 31.5 Å². The molecule has 6 N–H and O–H groups in total. The summed E-state index contributed by atoms with van der Waals surface area (Å²) in [6.45, 7) is 8.22. The summed E-state index contributed by atoms with van der Waals surface area (Å²) in [6.07, 6.45) is 2.83. The van der Waals surface area contributed by atoms with Crippen LogP contribution in [0.25, 0.3) is 0 Å². The summed E-state index contributed by atoms with van der Waals surface area (Å²) in [5, 5.41) is 30.4. The van der Waals surface area contributed by atoms with Crippen LogP contribution >= 0.6 is 0 Å². The van der Waals surface area contributed by atoms with E-state index >= 15 is 0 Å². The highest BCUT2D eigenvalue weighted by Crippen LogP contribution is 2.15. The van der Waals surface area contributed by atoms with E-state index < -0.39 is 35.9 Å². The number of aliphatic carboxylic acids is 1. The number of carboxylic acid groups (broad SMARTS) is 1. The van der Waals surface area contributed by atoms with Crippen LogP contribution in [0.4, 0.5) is 0 Å². The molecular weight excluding hydrogens is 464 g/mol. The molecule has 0 spiro atoms. The predicted molar refractivity (Wildman–Crippen MR) is 135 cm³/mol. The molecule has 1 aromatic rings. The molecule has 6 atom stereocenters. The Kier molecular flexibility index (Phi) is 11.2. The first-order valence-electron chi connectivity index (χ1n) is 12.7. The van der Waals surface area contributed by atoms with Gasteiger partial charge in [-0.1, -0.05) is 52.7 Å². The smallest absolute Gasteiger partial charge is 0.326 e. The number of carbonyl (C=O) groups excluding carboxylic acids is 3. The lowest BCUT2D eigenvalue weighted by Crippen LogP contribution is -2.60. The number of carbonyl (C=O) groups is 4. The highest BCUT2D eigenvalue weighted by atomic mass is 16.4. The van der Waals surface area contributed by atoms with Gasteiger partial charge in [-0.05, 0) is 48.9 Å². The van der Waals surface area contributed by atoms with Crippen LogP contribution in [0, 0.1) is 11.8 Å². The molecular formula is C26H40N4O6. The molecule has 0 saturated carbocycles. The molecule has 0 aliphatic carbocycles. The van der Waals surface area contributed by atoms with Crippen LogP contribution in [0.5, 0.6) is 5.75 Å². The number of rotatable bonds is 13. The van der Waals surface area contributed by atoms with Crippen LogP contribution in [0.3, 0.4) is 0 Å². The maximum atomic E-state index is 13.3. The lowest BCUT2D eigenvalue weighted by molar-refractivity contribution is -0.142. The van der Waals surface area contributed by atoms with Gasteiger partial charge in [0.2, 0.25) is 17.7 Å². The average Bonchev–Trinajstić information content (AvgIpc) is 3.40. The predicted octanol–water partition coefficient (Wildman–Crippen LogP) is 1.32. The number of aromatic hydroxyl groups is 1. The van der Waals surface area contributed by atoms with E-state index in [1.807, 2.05) is 20.8 Å². The average molecular weight is 505 g/mol. The third-order valence-electron chi connectivity index (χ3n) is 6.95. The number of hydrogen-bond donors (Lipinski definition) is 6. The normalized spacial score (nSPS) is 19.4. The number of phenolic OH excluding ortho intramolecular Hbond substituents is 1. The molecule has 2 rings (SSSR count). The molecule has 0 radical (unpaired) electrons. The molecule has 1 heterocycles. The van der Waals surface area contributed by atoms with Crippen molar-refractivity contribution < 1.29 is 29.4 Å². The minimum Gasteiger partial charge on any atom is -0.508 e. The Morgan fingerprint density at radius 1 is 0.944 bits per heavy atom. The molecule has 10 nitrogen and oxygen atoms in total. The number of amides is 3. The van der Waals surface area contributed by atoms with Crippen molar-refractivity contribution in [3.05, 3.63) is 29.8 Å². The fourth-order valence-corrected chi connectivity index (χ4v) is 4.14. The first kappa shape index (κ1) is 29.1. The monoisotopic (exact) mass is 504 g/mol. The first-order chi connectivity index (χ1) is 17.1. The Hall–Kier alpha value is -3.14. The van der Waals surface area contributed by atoms with Crippen molar-refractivity contribution in [2.75, 3.05) is 6.54 Å². The highest BCUT2D eigenvalue weighted by molar-refractivity contribution is 5.94. The van der Waals surface area contributed by atoms with E-state index in [1.54, 1.807) is 19.1 Å². The van der Waals surface area contributed by atoms with Crippen molar-refractivity contribution >= 4 is 23.7 Å². The molecule has 0 bridgehead atoms. The van der Waals surface area contributed by atoms with Crippen molar-refractivity contribution in [1.82, 2.24) is 21.3 Å². The molecule has 36 heavy (non-hydrogen) atoms. The second-order valence-corrected chi connectivity index (χ2v) is 9.66. The number of phenols is 1. The summed E-state index contributed by atoms with van der Waals surface area (Å²) in [5.41, 5.74) is 0.629. The third kappa shape index (κ3) is 8.22. The number of nitrogens with one attached hydrogen (secondary N) is 4. The van der Waals surface area contributed by atoms with E-state index in [9.17, 15) is 29.4 Å². The van der Waals surface area contributed by atoms with E-state index in [0.717, 1.165) is 13.0 Å². The van der Waals surface area contributed by atoms with Gasteiger partial charge in [0, 0.05) is 6.42 Å². The largest absolute Gasteiger partial charge is 0.508 e. The van der Waals surface area contributed by atoms with Crippen LogP contribution in [0.1, 0.15) is 58.9 Å². The maximum Gasteiger partial charge on any atom is 0.326 e.